The Bertz CT molecular complexity index is 437. The van der Waals surface area contributed by atoms with Crippen LogP contribution in [-0.4, -0.2) is 43.3 Å². The smallest absolute Gasteiger partial charge is 0.314 e. The molecule has 1 aliphatic rings. The van der Waals surface area contributed by atoms with Crippen molar-refractivity contribution in [1.82, 2.24) is 10.2 Å². The highest BCUT2D eigenvalue weighted by Crippen LogP contribution is 2.19. The highest BCUT2D eigenvalue weighted by Gasteiger charge is 2.32. The number of halogens is 3. The summed E-state index contributed by atoms with van der Waals surface area (Å²) in [6.07, 6.45) is -1.52. The van der Waals surface area contributed by atoms with E-state index in [2.05, 4.69) is 24.4 Å². The van der Waals surface area contributed by atoms with Crippen molar-refractivity contribution in [3.63, 3.8) is 0 Å². The number of hydrogen-bond acceptors (Lipinski definition) is 2. The maximum absolute atomic E-state index is 12.3. The van der Waals surface area contributed by atoms with E-state index in [1.807, 2.05) is 12.1 Å². The second-order valence-electron chi connectivity index (χ2n) is 5.80. The van der Waals surface area contributed by atoms with Gasteiger partial charge in [0.2, 0.25) is 0 Å². The van der Waals surface area contributed by atoms with Gasteiger partial charge in [0.15, 0.2) is 0 Å². The summed E-state index contributed by atoms with van der Waals surface area (Å²) < 4.78 is 36.9. The van der Waals surface area contributed by atoms with Crippen LogP contribution in [0.2, 0.25) is 0 Å². The summed E-state index contributed by atoms with van der Waals surface area (Å²) >= 11 is 0. The third-order valence-electron chi connectivity index (χ3n) is 4.08. The first-order chi connectivity index (χ1) is 9.94. The minimum absolute atomic E-state index is 0.346. The Morgan fingerprint density at radius 3 is 2.48 bits per heavy atom. The van der Waals surface area contributed by atoms with Crippen molar-refractivity contribution >= 4 is 0 Å². The molecule has 1 heterocycles. The summed E-state index contributed by atoms with van der Waals surface area (Å²) in [5.41, 5.74) is 2.62. The molecule has 0 unspecified atom stereocenters. The summed E-state index contributed by atoms with van der Waals surface area (Å²) in [5.74, 6) is 0. The molecule has 0 bridgehead atoms. The molecular formula is C16H23F3N2. The largest absolute Gasteiger partial charge is 0.401 e. The second-order valence-corrected chi connectivity index (χ2v) is 5.80. The molecule has 0 amide bonds. The Hall–Kier alpha value is -1.07. The topological polar surface area (TPSA) is 15.3 Å². The molecule has 5 heteroatoms. The van der Waals surface area contributed by atoms with Crippen LogP contribution in [0.15, 0.2) is 24.3 Å². The average molecular weight is 300 g/mol. The molecule has 0 aromatic heterocycles. The molecule has 0 radical (unpaired) electrons. The van der Waals surface area contributed by atoms with Crippen LogP contribution in [0, 0.1) is 6.92 Å². The molecule has 0 saturated carbocycles. The summed E-state index contributed by atoms with van der Waals surface area (Å²) in [6.45, 7) is 3.27. The van der Waals surface area contributed by atoms with Gasteiger partial charge >= 0.3 is 6.18 Å². The normalized spacial score (nSPS) is 18.1. The summed E-state index contributed by atoms with van der Waals surface area (Å²) in [5, 5.41) is 3.47. The van der Waals surface area contributed by atoms with E-state index in [1.165, 1.54) is 16.0 Å². The second kappa shape index (κ2) is 7.27. The van der Waals surface area contributed by atoms with Crippen molar-refractivity contribution in [2.75, 3.05) is 26.2 Å². The van der Waals surface area contributed by atoms with Gasteiger partial charge in [-0.2, -0.15) is 13.2 Å². The minimum Gasteiger partial charge on any atom is -0.314 e. The van der Waals surface area contributed by atoms with Gasteiger partial charge in [0.05, 0.1) is 6.54 Å². The number of hydrogen-bond donors (Lipinski definition) is 1. The van der Waals surface area contributed by atoms with E-state index < -0.39 is 12.7 Å². The predicted octanol–water partition coefficient (Wildman–Crippen LogP) is 3.15. The molecule has 2 nitrogen and oxygen atoms in total. The SMILES string of the molecule is Cc1ccccc1CCNC1CCN(CC(F)(F)F)CC1. The molecule has 1 N–H and O–H groups in total. The number of nitrogens with zero attached hydrogens (tertiary/aromatic N) is 1. The Balaban J connectivity index is 1.66. The molecule has 1 saturated heterocycles. The highest BCUT2D eigenvalue weighted by molar-refractivity contribution is 5.25. The molecule has 118 valence electrons. The maximum Gasteiger partial charge on any atom is 0.401 e. The van der Waals surface area contributed by atoms with Gasteiger partial charge in [-0.15, -0.1) is 0 Å². The number of rotatable bonds is 5. The van der Waals surface area contributed by atoms with Crippen molar-refractivity contribution in [2.45, 2.75) is 38.4 Å². The first kappa shape index (κ1) is 16.3. The number of nitrogens with one attached hydrogen (secondary N) is 1. The van der Waals surface area contributed by atoms with E-state index >= 15 is 0 Å². The Kier molecular flexibility index (Phi) is 5.65. The molecule has 0 spiro atoms. The fourth-order valence-electron chi connectivity index (χ4n) is 2.85. The van der Waals surface area contributed by atoms with E-state index in [-0.39, 0.29) is 0 Å². The van der Waals surface area contributed by atoms with Gasteiger partial charge in [0, 0.05) is 6.04 Å². The molecular weight excluding hydrogens is 277 g/mol. The number of likely N-dealkylation sites (tertiary alicyclic amines) is 1. The first-order valence-corrected chi connectivity index (χ1v) is 7.51. The quantitative estimate of drug-likeness (QED) is 0.898. The van der Waals surface area contributed by atoms with Crippen LogP contribution in [0.1, 0.15) is 24.0 Å². The van der Waals surface area contributed by atoms with Gasteiger partial charge < -0.3 is 5.32 Å². The van der Waals surface area contributed by atoms with Crippen molar-refractivity contribution in [2.24, 2.45) is 0 Å². The maximum atomic E-state index is 12.3. The van der Waals surface area contributed by atoms with Gasteiger partial charge in [0.25, 0.3) is 0 Å². The van der Waals surface area contributed by atoms with Gasteiger partial charge in [-0.25, -0.2) is 0 Å². The Morgan fingerprint density at radius 2 is 1.86 bits per heavy atom. The lowest BCUT2D eigenvalue weighted by Gasteiger charge is -2.32. The zero-order valence-electron chi connectivity index (χ0n) is 12.4. The van der Waals surface area contributed by atoms with Crippen molar-refractivity contribution in [1.29, 1.82) is 0 Å². The number of benzene rings is 1. The lowest BCUT2D eigenvalue weighted by molar-refractivity contribution is -0.148. The first-order valence-electron chi connectivity index (χ1n) is 7.51. The lowest BCUT2D eigenvalue weighted by Crippen LogP contribution is -2.45. The van der Waals surface area contributed by atoms with Crippen molar-refractivity contribution < 1.29 is 13.2 Å². The van der Waals surface area contributed by atoms with Crippen LogP contribution >= 0.6 is 0 Å². The van der Waals surface area contributed by atoms with Crippen LogP contribution in [0.5, 0.6) is 0 Å². The Morgan fingerprint density at radius 1 is 1.19 bits per heavy atom. The molecule has 1 fully saturated rings. The third kappa shape index (κ3) is 5.67. The molecule has 1 aromatic carbocycles. The van der Waals surface area contributed by atoms with Crippen LogP contribution < -0.4 is 5.32 Å². The van der Waals surface area contributed by atoms with Crippen LogP contribution in [0.25, 0.3) is 0 Å². The third-order valence-corrected chi connectivity index (χ3v) is 4.08. The van der Waals surface area contributed by atoms with Crippen LogP contribution in [0.4, 0.5) is 13.2 Å². The fourth-order valence-corrected chi connectivity index (χ4v) is 2.85. The lowest BCUT2D eigenvalue weighted by atomic mass is 10.0. The van der Waals surface area contributed by atoms with Gasteiger partial charge in [0.1, 0.15) is 0 Å². The fraction of sp³-hybridized carbons (Fsp3) is 0.625. The molecule has 2 rings (SSSR count). The molecule has 0 atom stereocenters. The molecule has 21 heavy (non-hydrogen) atoms. The van der Waals surface area contributed by atoms with E-state index in [1.54, 1.807) is 0 Å². The Labute approximate surface area is 124 Å². The molecule has 1 aliphatic heterocycles. The average Bonchev–Trinajstić information content (AvgIpc) is 2.41. The zero-order valence-corrected chi connectivity index (χ0v) is 12.4. The minimum atomic E-state index is -4.08. The summed E-state index contributed by atoms with van der Waals surface area (Å²) in [6, 6.07) is 8.65. The predicted molar refractivity (Wildman–Crippen MR) is 78.4 cm³/mol. The van der Waals surface area contributed by atoms with Crippen molar-refractivity contribution in [3.05, 3.63) is 35.4 Å². The standard InChI is InChI=1S/C16H23F3N2/c1-13-4-2-3-5-14(13)6-9-20-15-7-10-21(11-8-15)12-16(17,18)19/h2-5,15,20H,6-12H2,1H3. The van der Waals surface area contributed by atoms with E-state index in [0.717, 1.165) is 25.8 Å². The van der Waals surface area contributed by atoms with Gasteiger partial charge in [-0.3, -0.25) is 4.90 Å². The van der Waals surface area contributed by atoms with Gasteiger partial charge in [-0.1, -0.05) is 24.3 Å². The zero-order chi connectivity index (χ0) is 15.3. The van der Waals surface area contributed by atoms with E-state index in [9.17, 15) is 13.2 Å². The molecule has 1 aromatic rings. The number of alkyl halides is 3. The summed E-state index contributed by atoms with van der Waals surface area (Å²) in [7, 11) is 0. The van der Waals surface area contributed by atoms with Crippen LogP contribution in [-0.2, 0) is 6.42 Å². The van der Waals surface area contributed by atoms with Gasteiger partial charge in [-0.05, 0) is 56.9 Å². The summed E-state index contributed by atoms with van der Waals surface area (Å²) in [4.78, 5) is 1.50. The van der Waals surface area contributed by atoms with Crippen LogP contribution in [0.3, 0.4) is 0 Å². The number of aryl methyl sites for hydroxylation is 1. The van der Waals surface area contributed by atoms with E-state index in [0.29, 0.717) is 19.1 Å². The van der Waals surface area contributed by atoms with Crippen molar-refractivity contribution in [3.8, 4) is 0 Å². The monoisotopic (exact) mass is 300 g/mol. The highest BCUT2D eigenvalue weighted by atomic mass is 19.4. The molecule has 0 aliphatic carbocycles. The van der Waals surface area contributed by atoms with E-state index in [4.69, 9.17) is 0 Å². The number of piperidine rings is 1.